The summed E-state index contributed by atoms with van der Waals surface area (Å²) in [5, 5.41) is 11.3. The second-order valence-corrected chi connectivity index (χ2v) is 4.38. The van der Waals surface area contributed by atoms with Crippen molar-refractivity contribution in [2.24, 2.45) is 5.92 Å². The third kappa shape index (κ3) is 3.03. The van der Waals surface area contributed by atoms with Crippen molar-refractivity contribution < 1.29 is 19.1 Å². The Balaban J connectivity index is 2.09. The predicted molar refractivity (Wildman–Crippen MR) is 72.1 cm³/mol. The Morgan fingerprint density at radius 1 is 1.30 bits per heavy atom. The van der Waals surface area contributed by atoms with Crippen LogP contribution < -0.4 is 5.32 Å². The highest BCUT2D eigenvalue weighted by molar-refractivity contribution is 6.03. The average molecular weight is 274 g/mol. The molecule has 1 heterocycles. The van der Waals surface area contributed by atoms with E-state index in [1.165, 1.54) is 6.92 Å². The first-order valence-corrected chi connectivity index (χ1v) is 6.03. The van der Waals surface area contributed by atoms with Gasteiger partial charge < -0.3 is 14.8 Å². The van der Waals surface area contributed by atoms with Crippen molar-refractivity contribution >= 4 is 17.6 Å². The molecule has 6 heteroatoms. The average Bonchev–Trinajstić information content (AvgIpc) is 2.85. The van der Waals surface area contributed by atoms with Crippen molar-refractivity contribution in [3.05, 3.63) is 36.4 Å². The smallest absolute Gasteiger partial charge is 0.315 e. The first kappa shape index (κ1) is 13.8. The molecule has 0 aliphatic carbocycles. The minimum atomic E-state index is -1.16. The van der Waals surface area contributed by atoms with Crippen LogP contribution in [0.15, 0.2) is 34.9 Å². The van der Waals surface area contributed by atoms with Gasteiger partial charge in [-0.15, -0.1) is 0 Å². The Morgan fingerprint density at radius 2 is 1.95 bits per heavy atom. The molecular formula is C14H14N2O4. The number of benzene rings is 1. The van der Waals surface area contributed by atoms with Crippen LogP contribution in [0.2, 0.25) is 0 Å². The number of carbonyl (C=O) groups excluding carboxylic acids is 1. The molecule has 1 aromatic heterocycles. The number of carbonyl (C=O) groups is 2. The van der Waals surface area contributed by atoms with Crippen LogP contribution in [0, 0.1) is 12.8 Å². The number of amides is 1. The molecule has 2 rings (SSSR count). The monoisotopic (exact) mass is 274 g/mol. The molecule has 2 N–H and O–H groups in total. The maximum Gasteiger partial charge on any atom is 0.315 e. The minimum absolute atomic E-state index is 0.534. The maximum atomic E-state index is 11.6. The number of anilines is 1. The molecule has 0 fully saturated rings. The molecule has 0 bridgehead atoms. The van der Waals surface area contributed by atoms with Gasteiger partial charge in [-0.05, 0) is 19.1 Å². The fourth-order valence-corrected chi connectivity index (χ4v) is 1.58. The van der Waals surface area contributed by atoms with Crippen LogP contribution in [0.3, 0.4) is 0 Å². The molecule has 1 unspecified atom stereocenters. The molecule has 2 aromatic rings. The van der Waals surface area contributed by atoms with Gasteiger partial charge in [0.05, 0.1) is 0 Å². The molecule has 1 atom stereocenters. The summed E-state index contributed by atoms with van der Waals surface area (Å²) in [5.41, 5.74) is 2.09. The molecule has 0 aliphatic heterocycles. The molecule has 0 aliphatic rings. The summed E-state index contributed by atoms with van der Waals surface area (Å²) in [4.78, 5) is 26.5. The second-order valence-electron chi connectivity index (χ2n) is 4.38. The van der Waals surface area contributed by atoms with Gasteiger partial charge in [0.2, 0.25) is 5.91 Å². The van der Waals surface area contributed by atoms with Gasteiger partial charge in [-0.2, -0.15) is 0 Å². The van der Waals surface area contributed by atoms with Crippen LogP contribution in [0.4, 0.5) is 5.69 Å². The number of hydrogen-bond donors (Lipinski definition) is 2. The van der Waals surface area contributed by atoms with Gasteiger partial charge in [0.25, 0.3) is 0 Å². The highest BCUT2D eigenvalue weighted by atomic mass is 16.4. The summed E-state index contributed by atoms with van der Waals surface area (Å²) >= 11 is 0. The lowest BCUT2D eigenvalue weighted by molar-refractivity contribution is -0.144. The SMILES string of the molecule is Cc1nc(-c2ccc(NC(=O)C(C)C(=O)O)cc2)co1. The molecule has 1 amide bonds. The van der Waals surface area contributed by atoms with Gasteiger partial charge in [-0.25, -0.2) is 4.98 Å². The molecule has 104 valence electrons. The largest absolute Gasteiger partial charge is 0.481 e. The van der Waals surface area contributed by atoms with E-state index in [0.717, 1.165) is 5.56 Å². The maximum absolute atomic E-state index is 11.6. The number of rotatable bonds is 4. The Hall–Kier alpha value is -2.63. The second kappa shape index (κ2) is 5.56. The third-order valence-corrected chi connectivity index (χ3v) is 2.83. The van der Waals surface area contributed by atoms with E-state index >= 15 is 0 Å². The summed E-state index contributed by atoms with van der Waals surface area (Å²) < 4.78 is 5.13. The molecule has 0 radical (unpaired) electrons. The van der Waals surface area contributed by atoms with Crippen molar-refractivity contribution in [2.45, 2.75) is 13.8 Å². The van der Waals surface area contributed by atoms with Crippen LogP contribution in [-0.2, 0) is 9.59 Å². The lowest BCUT2D eigenvalue weighted by Crippen LogP contribution is -2.26. The number of aromatic nitrogens is 1. The van der Waals surface area contributed by atoms with Crippen molar-refractivity contribution in [3.8, 4) is 11.3 Å². The molecule has 0 spiro atoms. The van der Waals surface area contributed by atoms with E-state index in [4.69, 9.17) is 9.52 Å². The number of oxazole rings is 1. The first-order chi connectivity index (χ1) is 9.47. The van der Waals surface area contributed by atoms with Crippen LogP contribution in [0.25, 0.3) is 11.3 Å². The van der Waals surface area contributed by atoms with Crippen LogP contribution in [0.5, 0.6) is 0 Å². The Labute approximate surface area is 115 Å². The number of aryl methyl sites for hydroxylation is 1. The fourth-order valence-electron chi connectivity index (χ4n) is 1.58. The topological polar surface area (TPSA) is 92.4 Å². The van der Waals surface area contributed by atoms with Gasteiger partial charge in [-0.3, -0.25) is 9.59 Å². The number of carboxylic acid groups (broad SMARTS) is 1. The minimum Gasteiger partial charge on any atom is -0.481 e. The quantitative estimate of drug-likeness (QED) is 0.834. The van der Waals surface area contributed by atoms with Crippen LogP contribution in [0.1, 0.15) is 12.8 Å². The first-order valence-electron chi connectivity index (χ1n) is 6.03. The normalized spacial score (nSPS) is 11.9. The Bertz CT molecular complexity index is 631. The number of carboxylic acids is 1. The third-order valence-electron chi connectivity index (χ3n) is 2.83. The molecule has 6 nitrogen and oxygen atoms in total. The van der Waals surface area contributed by atoms with Crippen molar-refractivity contribution in [1.82, 2.24) is 4.98 Å². The van der Waals surface area contributed by atoms with Gasteiger partial charge in [0.1, 0.15) is 17.9 Å². The van der Waals surface area contributed by atoms with Crippen molar-refractivity contribution in [1.29, 1.82) is 0 Å². The van der Waals surface area contributed by atoms with Gasteiger partial charge in [-0.1, -0.05) is 12.1 Å². The van der Waals surface area contributed by atoms with E-state index in [1.807, 2.05) is 0 Å². The summed E-state index contributed by atoms with van der Waals surface area (Å²) in [6.07, 6.45) is 1.55. The zero-order valence-corrected chi connectivity index (χ0v) is 11.1. The Morgan fingerprint density at radius 3 is 2.45 bits per heavy atom. The highest BCUT2D eigenvalue weighted by Gasteiger charge is 2.20. The van der Waals surface area contributed by atoms with E-state index in [0.29, 0.717) is 17.3 Å². The fraction of sp³-hybridized carbons (Fsp3) is 0.214. The lowest BCUT2D eigenvalue weighted by atomic mass is 10.1. The number of nitrogens with zero attached hydrogens (tertiary/aromatic N) is 1. The molecular weight excluding hydrogens is 260 g/mol. The highest BCUT2D eigenvalue weighted by Crippen LogP contribution is 2.21. The summed E-state index contributed by atoms with van der Waals surface area (Å²) in [6.45, 7) is 3.09. The Kier molecular flexibility index (Phi) is 3.84. The summed E-state index contributed by atoms with van der Waals surface area (Å²) in [5.74, 6) is -2.22. The zero-order valence-electron chi connectivity index (χ0n) is 11.1. The van der Waals surface area contributed by atoms with E-state index in [1.54, 1.807) is 37.5 Å². The number of hydrogen-bond acceptors (Lipinski definition) is 4. The van der Waals surface area contributed by atoms with Crippen LogP contribution >= 0.6 is 0 Å². The van der Waals surface area contributed by atoms with Crippen LogP contribution in [-0.4, -0.2) is 22.0 Å². The standard InChI is InChI=1S/C14H14N2O4/c1-8(14(18)19)13(17)16-11-5-3-10(4-6-11)12-7-20-9(2)15-12/h3-8H,1-2H3,(H,16,17)(H,18,19). The molecule has 1 aromatic carbocycles. The van der Waals surface area contributed by atoms with Gasteiger partial charge >= 0.3 is 5.97 Å². The van der Waals surface area contributed by atoms with E-state index in [9.17, 15) is 9.59 Å². The molecule has 0 saturated carbocycles. The van der Waals surface area contributed by atoms with Gasteiger partial charge in [0, 0.05) is 18.2 Å². The predicted octanol–water partition coefficient (Wildman–Crippen LogP) is 2.31. The van der Waals surface area contributed by atoms with E-state index < -0.39 is 17.8 Å². The zero-order chi connectivity index (χ0) is 14.7. The number of aliphatic carboxylic acids is 1. The van der Waals surface area contributed by atoms with Crippen molar-refractivity contribution in [3.63, 3.8) is 0 Å². The van der Waals surface area contributed by atoms with Crippen molar-refractivity contribution in [2.75, 3.05) is 5.32 Å². The summed E-state index contributed by atoms with van der Waals surface area (Å²) in [7, 11) is 0. The summed E-state index contributed by atoms with van der Waals surface area (Å²) in [6, 6.07) is 6.92. The molecule has 20 heavy (non-hydrogen) atoms. The lowest BCUT2D eigenvalue weighted by Gasteiger charge is -2.08. The van der Waals surface area contributed by atoms with E-state index in [2.05, 4.69) is 10.3 Å². The molecule has 0 saturated heterocycles. The van der Waals surface area contributed by atoms with Gasteiger partial charge in [0.15, 0.2) is 5.89 Å². The number of nitrogens with one attached hydrogen (secondary N) is 1. The van der Waals surface area contributed by atoms with E-state index in [-0.39, 0.29) is 0 Å².